The highest BCUT2D eigenvalue weighted by atomic mass is 19.4. The molecule has 1 aliphatic heterocycles. The van der Waals surface area contributed by atoms with E-state index in [4.69, 9.17) is 0 Å². The molecule has 2 aromatic rings. The first-order valence-electron chi connectivity index (χ1n) is 8.30. The van der Waals surface area contributed by atoms with Crippen LogP contribution in [0.3, 0.4) is 0 Å². The molecule has 27 heavy (non-hydrogen) atoms. The van der Waals surface area contributed by atoms with Gasteiger partial charge >= 0.3 is 6.18 Å². The van der Waals surface area contributed by atoms with Crippen LogP contribution in [-0.4, -0.2) is 26.2 Å². The molecule has 0 fully saturated rings. The third kappa shape index (κ3) is 3.28. The van der Waals surface area contributed by atoms with Gasteiger partial charge in [0.25, 0.3) is 0 Å². The van der Waals surface area contributed by atoms with Gasteiger partial charge < -0.3 is 9.47 Å². The fourth-order valence-corrected chi connectivity index (χ4v) is 3.49. The van der Waals surface area contributed by atoms with Crippen LogP contribution in [0.25, 0.3) is 0 Å². The summed E-state index contributed by atoms with van der Waals surface area (Å²) in [7, 11) is 0. The van der Waals surface area contributed by atoms with Crippen molar-refractivity contribution in [2.24, 2.45) is 5.92 Å². The molecule has 0 bridgehead atoms. The lowest BCUT2D eigenvalue weighted by Gasteiger charge is -2.38. The first-order valence-corrected chi connectivity index (χ1v) is 8.30. The van der Waals surface area contributed by atoms with Crippen LogP contribution in [-0.2, 0) is 25.7 Å². The van der Waals surface area contributed by atoms with E-state index in [0.717, 1.165) is 16.3 Å². The number of fused-ring (bicyclic) bond motifs is 1. The molecule has 1 atom stereocenters. The highest BCUT2D eigenvalue weighted by Gasteiger charge is 2.40. The summed E-state index contributed by atoms with van der Waals surface area (Å²) in [5.41, 5.74) is 1.02. The fourth-order valence-electron chi connectivity index (χ4n) is 3.49. The Balaban J connectivity index is 1.43. The van der Waals surface area contributed by atoms with Gasteiger partial charge in [-0.3, -0.25) is 0 Å². The Hall–Kier alpha value is -2.52. The molecule has 2 aliphatic rings. The molecule has 0 N–H and O–H groups in total. The number of aromatic nitrogens is 3. The third-order valence-electron chi connectivity index (χ3n) is 4.88. The van der Waals surface area contributed by atoms with E-state index in [1.54, 1.807) is 0 Å². The van der Waals surface area contributed by atoms with Crippen LogP contribution in [0.4, 0.5) is 26.3 Å². The third-order valence-corrected chi connectivity index (χ3v) is 4.88. The molecule has 2 heterocycles. The van der Waals surface area contributed by atoms with Crippen molar-refractivity contribution in [2.45, 2.75) is 32.1 Å². The van der Waals surface area contributed by atoms with Crippen LogP contribution in [0.15, 0.2) is 23.9 Å². The first-order chi connectivity index (χ1) is 12.7. The standard InChI is InChI=1S/C17H14F6N4/c18-12-7-14(20)13(19)6-10(12)3-9-4-11(5-9)26-1-2-27-15(8-26)24-25-16(27)17(21,22)23/h4,6-7,9H,1-3,5,8H2. The lowest BCUT2D eigenvalue weighted by atomic mass is 9.84. The van der Waals surface area contributed by atoms with Gasteiger partial charge in [0, 0.05) is 24.9 Å². The van der Waals surface area contributed by atoms with Crippen LogP contribution in [0.5, 0.6) is 0 Å². The number of halogens is 6. The molecular formula is C17H14F6N4. The Morgan fingerprint density at radius 3 is 2.41 bits per heavy atom. The lowest BCUT2D eigenvalue weighted by Crippen LogP contribution is -2.37. The maximum atomic E-state index is 13.7. The topological polar surface area (TPSA) is 34.0 Å². The van der Waals surface area contributed by atoms with Gasteiger partial charge in [-0.05, 0) is 30.4 Å². The van der Waals surface area contributed by atoms with Crippen molar-refractivity contribution in [3.05, 3.63) is 58.6 Å². The molecule has 0 saturated heterocycles. The van der Waals surface area contributed by atoms with E-state index in [9.17, 15) is 26.3 Å². The number of hydrogen-bond acceptors (Lipinski definition) is 3. The van der Waals surface area contributed by atoms with E-state index in [-0.39, 0.29) is 36.8 Å². The Labute approximate surface area is 150 Å². The SMILES string of the molecule is Fc1cc(F)c(CC2C=C(N3CCn4c(nnc4C(F)(F)F)C3)C2)cc1F. The van der Waals surface area contributed by atoms with Gasteiger partial charge in [-0.25, -0.2) is 13.2 Å². The van der Waals surface area contributed by atoms with E-state index in [1.165, 1.54) is 0 Å². The maximum Gasteiger partial charge on any atom is 0.451 e. The fraction of sp³-hybridized carbons (Fsp3) is 0.412. The monoisotopic (exact) mass is 388 g/mol. The van der Waals surface area contributed by atoms with Crippen molar-refractivity contribution < 1.29 is 26.3 Å². The average molecular weight is 388 g/mol. The van der Waals surface area contributed by atoms with Gasteiger partial charge in [-0.2, -0.15) is 13.2 Å². The summed E-state index contributed by atoms with van der Waals surface area (Å²) in [6, 6.07) is 1.39. The molecule has 1 aromatic heterocycles. The van der Waals surface area contributed by atoms with Crippen LogP contribution in [0.1, 0.15) is 23.6 Å². The van der Waals surface area contributed by atoms with Crippen molar-refractivity contribution in [1.29, 1.82) is 0 Å². The molecule has 0 radical (unpaired) electrons. The predicted octanol–water partition coefficient (Wildman–Crippen LogP) is 3.68. The second kappa shape index (κ2) is 6.28. The van der Waals surface area contributed by atoms with Crippen molar-refractivity contribution in [2.75, 3.05) is 6.54 Å². The Kier molecular flexibility index (Phi) is 4.15. The summed E-state index contributed by atoms with van der Waals surface area (Å²) in [4.78, 5) is 1.91. The molecule has 144 valence electrons. The highest BCUT2D eigenvalue weighted by molar-refractivity contribution is 5.25. The minimum absolute atomic E-state index is 0.0371. The molecule has 0 spiro atoms. The van der Waals surface area contributed by atoms with E-state index in [1.807, 2.05) is 11.0 Å². The summed E-state index contributed by atoms with van der Waals surface area (Å²) >= 11 is 0. The number of benzene rings is 1. The summed E-state index contributed by atoms with van der Waals surface area (Å²) in [5.74, 6) is -3.90. The molecule has 0 amide bonds. The molecule has 0 saturated carbocycles. The normalized spacial score (nSPS) is 19.6. The molecule has 1 aliphatic carbocycles. The number of hydrogen-bond donors (Lipinski definition) is 0. The second-order valence-electron chi connectivity index (χ2n) is 6.69. The zero-order valence-corrected chi connectivity index (χ0v) is 13.9. The number of nitrogens with zero attached hydrogens (tertiary/aromatic N) is 4. The van der Waals surface area contributed by atoms with Crippen molar-refractivity contribution in [3.63, 3.8) is 0 Å². The molecule has 4 nitrogen and oxygen atoms in total. The van der Waals surface area contributed by atoms with Gasteiger partial charge in [0.15, 0.2) is 17.5 Å². The lowest BCUT2D eigenvalue weighted by molar-refractivity contribution is -0.147. The average Bonchev–Trinajstić information content (AvgIpc) is 2.98. The summed E-state index contributed by atoms with van der Waals surface area (Å²) < 4.78 is 79.6. The zero-order valence-electron chi connectivity index (χ0n) is 13.9. The van der Waals surface area contributed by atoms with Crippen LogP contribution in [0, 0.1) is 23.4 Å². The quantitative estimate of drug-likeness (QED) is 0.594. The molecule has 1 aromatic carbocycles. The van der Waals surface area contributed by atoms with Gasteiger partial charge in [-0.1, -0.05) is 6.08 Å². The van der Waals surface area contributed by atoms with Gasteiger partial charge in [0.05, 0.1) is 6.54 Å². The van der Waals surface area contributed by atoms with Crippen LogP contribution in [0.2, 0.25) is 0 Å². The smallest absolute Gasteiger partial charge is 0.366 e. The van der Waals surface area contributed by atoms with E-state index >= 15 is 0 Å². The molecular weight excluding hydrogens is 374 g/mol. The van der Waals surface area contributed by atoms with Gasteiger partial charge in [0.1, 0.15) is 5.82 Å². The Bertz CT molecular complexity index is 917. The van der Waals surface area contributed by atoms with Gasteiger partial charge in [0.2, 0.25) is 5.82 Å². The largest absolute Gasteiger partial charge is 0.451 e. The maximum absolute atomic E-state index is 13.7. The van der Waals surface area contributed by atoms with E-state index < -0.39 is 29.5 Å². The number of alkyl halides is 3. The second-order valence-corrected chi connectivity index (χ2v) is 6.69. The minimum Gasteiger partial charge on any atom is -0.366 e. The Morgan fingerprint density at radius 1 is 1.00 bits per heavy atom. The Morgan fingerprint density at radius 2 is 1.70 bits per heavy atom. The van der Waals surface area contributed by atoms with Crippen molar-refractivity contribution >= 4 is 0 Å². The molecule has 10 heteroatoms. The number of allylic oxidation sites excluding steroid dienone is 2. The van der Waals surface area contributed by atoms with Crippen LogP contribution < -0.4 is 0 Å². The predicted molar refractivity (Wildman–Crippen MR) is 81.6 cm³/mol. The van der Waals surface area contributed by atoms with Crippen LogP contribution >= 0.6 is 0 Å². The van der Waals surface area contributed by atoms with Crippen molar-refractivity contribution in [1.82, 2.24) is 19.7 Å². The summed E-state index contributed by atoms with van der Waals surface area (Å²) in [5, 5.41) is 6.86. The zero-order chi connectivity index (χ0) is 19.3. The van der Waals surface area contributed by atoms with Crippen molar-refractivity contribution in [3.8, 4) is 0 Å². The minimum atomic E-state index is -4.54. The van der Waals surface area contributed by atoms with Gasteiger partial charge in [-0.15, -0.1) is 10.2 Å². The highest BCUT2D eigenvalue weighted by Crippen LogP contribution is 2.35. The number of rotatable bonds is 3. The summed E-state index contributed by atoms with van der Waals surface area (Å²) in [6.45, 7) is 0.713. The molecule has 1 unspecified atom stereocenters. The van der Waals surface area contributed by atoms with E-state index in [2.05, 4.69) is 10.2 Å². The molecule has 4 rings (SSSR count). The van der Waals surface area contributed by atoms with E-state index in [0.29, 0.717) is 19.0 Å². The first kappa shape index (κ1) is 17.9. The summed E-state index contributed by atoms with van der Waals surface area (Å²) in [6.07, 6.45) is -1.85.